The smallest absolute Gasteiger partial charge is 0.353 e. The summed E-state index contributed by atoms with van der Waals surface area (Å²) < 4.78 is 12.5. The van der Waals surface area contributed by atoms with Crippen LogP contribution in [0.2, 0.25) is 0 Å². The fourth-order valence-corrected chi connectivity index (χ4v) is 6.66. The summed E-state index contributed by atoms with van der Waals surface area (Å²) in [5.74, 6) is 0.0318. The summed E-state index contributed by atoms with van der Waals surface area (Å²) in [6.45, 7) is 6.00. The minimum Gasteiger partial charge on any atom is -0.507 e. The number of hydrogen-bond donors (Lipinski definition) is 1. The highest BCUT2D eigenvalue weighted by molar-refractivity contribution is 8.30. The van der Waals surface area contributed by atoms with E-state index < -0.39 is 16.3 Å². The molecule has 0 saturated carbocycles. The molecule has 4 nitrogen and oxygen atoms in total. The number of rotatable bonds is 6. The third-order valence-corrected chi connectivity index (χ3v) is 8.26. The maximum absolute atomic E-state index is 13.5. The van der Waals surface area contributed by atoms with Gasteiger partial charge in [0.2, 0.25) is 0 Å². The average molecular weight is 473 g/mol. The van der Waals surface area contributed by atoms with Crippen LogP contribution >= 0.6 is 10.3 Å². The molecule has 5 heteroatoms. The molecule has 1 N–H and O–H groups in total. The SMILES string of the molecule is CC(C)(C)Oc1ccc(S(OC(=O)c2ccccc2O)(c2ccccc2)c2ccccc2)cc1. The monoisotopic (exact) mass is 472 g/mol. The van der Waals surface area contributed by atoms with E-state index in [1.165, 1.54) is 6.07 Å². The van der Waals surface area contributed by atoms with Gasteiger partial charge in [-0.05, 0) is 91.7 Å². The van der Waals surface area contributed by atoms with Crippen LogP contribution in [0.4, 0.5) is 0 Å². The molecule has 0 amide bonds. The van der Waals surface area contributed by atoms with Crippen LogP contribution < -0.4 is 4.74 Å². The summed E-state index contributed by atoms with van der Waals surface area (Å²) in [6, 6.07) is 33.6. The van der Waals surface area contributed by atoms with Gasteiger partial charge in [0.05, 0.1) is 0 Å². The van der Waals surface area contributed by atoms with Crippen LogP contribution in [0.3, 0.4) is 0 Å². The second-order valence-corrected chi connectivity index (χ2v) is 11.4. The zero-order valence-corrected chi connectivity index (χ0v) is 20.3. The summed E-state index contributed by atoms with van der Waals surface area (Å²) in [6.07, 6.45) is 0. The fraction of sp³-hybridized carbons (Fsp3) is 0.138. The van der Waals surface area contributed by atoms with Gasteiger partial charge >= 0.3 is 5.97 Å². The molecule has 0 atom stereocenters. The maximum Gasteiger partial charge on any atom is 0.353 e. The molecule has 0 aliphatic rings. The number of hydrogen-bond acceptors (Lipinski definition) is 4. The number of phenolic OH excluding ortho intramolecular Hbond substituents is 1. The van der Waals surface area contributed by atoms with Crippen molar-refractivity contribution < 1.29 is 18.8 Å². The number of carbonyl (C=O) groups excluding carboxylic acids is 1. The Morgan fingerprint density at radius 3 is 1.65 bits per heavy atom. The summed E-state index contributed by atoms with van der Waals surface area (Å²) in [7, 11) is -2.47. The molecule has 4 aromatic rings. The van der Waals surface area contributed by atoms with Crippen molar-refractivity contribution in [3.63, 3.8) is 0 Å². The first-order chi connectivity index (χ1) is 16.3. The number of phenols is 1. The Morgan fingerprint density at radius 1 is 0.676 bits per heavy atom. The van der Waals surface area contributed by atoms with Crippen molar-refractivity contribution in [3.05, 3.63) is 115 Å². The van der Waals surface area contributed by atoms with Crippen molar-refractivity contribution in [2.45, 2.75) is 41.1 Å². The molecule has 174 valence electrons. The summed E-state index contributed by atoms with van der Waals surface area (Å²) in [5.41, 5.74) is -0.208. The molecule has 0 saturated heterocycles. The predicted molar refractivity (Wildman–Crippen MR) is 136 cm³/mol. The summed E-state index contributed by atoms with van der Waals surface area (Å²) >= 11 is 0. The molecule has 0 spiro atoms. The van der Waals surface area contributed by atoms with Gasteiger partial charge in [0.1, 0.15) is 22.7 Å². The van der Waals surface area contributed by atoms with Gasteiger partial charge in [0, 0.05) is 14.7 Å². The highest BCUT2D eigenvalue weighted by Crippen LogP contribution is 2.69. The standard InChI is InChI=1S/C29H28O4S/c1-29(2,3)32-22-18-20-25(21-19-22)34(23-12-6-4-7-13-23,24-14-8-5-9-15-24)33-28(31)26-16-10-11-17-27(26)30/h4-21,30H,1-3H3. The Morgan fingerprint density at radius 2 is 1.15 bits per heavy atom. The topological polar surface area (TPSA) is 55.8 Å². The summed E-state index contributed by atoms with van der Waals surface area (Å²) in [5, 5.41) is 10.3. The number of carbonyl (C=O) groups is 1. The van der Waals surface area contributed by atoms with E-state index in [9.17, 15) is 9.90 Å². The molecule has 34 heavy (non-hydrogen) atoms. The predicted octanol–water partition coefficient (Wildman–Crippen LogP) is 7.62. The molecular formula is C29H28O4S. The molecule has 0 unspecified atom stereocenters. The van der Waals surface area contributed by atoms with Gasteiger partial charge in [-0.15, -0.1) is 0 Å². The van der Waals surface area contributed by atoms with Crippen molar-refractivity contribution >= 4 is 16.3 Å². The van der Waals surface area contributed by atoms with Crippen molar-refractivity contribution in [1.29, 1.82) is 0 Å². The van der Waals surface area contributed by atoms with Crippen LogP contribution in [0.1, 0.15) is 31.1 Å². The molecule has 0 bridgehead atoms. The maximum atomic E-state index is 13.5. The number of ether oxygens (including phenoxy) is 1. The molecule has 0 aromatic heterocycles. The Balaban J connectivity index is 1.91. The number of benzene rings is 4. The highest BCUT2D eigenvalue weighted by atomic mass is 32.3. The van der Waals surface area contributed by atoms with E-state index in [0.29, 0.717) is 0 Å². The number of aromatic hydroxyl groups is 1. The normalized spacial score (nSPS) is 12.1. The van der Waals surface area contributed by atoms with E-state index in [-0.39, 0.29) is 16.9 Å². The lowest BCUT2D eigenvalue weighted by atomic mass is 10.2. The second-order valence-electron chi connectivity index (χ2n) is 8.76. The molecule has 0 radical (unpaired) electrons. The Kier molecular flexibility index (Phi) is 6.66. The van der Waals surface area contributed by atoms with Gasteiger partial charge in [-0.25, -0.2) is 4.79 Å². The molecule has 4 rings (SSSR count). The molecule has 0 heterocycles. The van der Waals surface area contributed by atoms with Crippen molar-refractivity contribution in [1.82, 2.24) is 0 Å². The van der Waals surface area contributed by atoms with Crippen LogP contribution in [0.25, 0.3) is 0 Å². The van der Waals surface area contributed by atoms with E-state index in [0.717, 1.165) is 20.4 Å². The molecule has 0 aliphatic carbocycles. The number of para-hydroxylation sites is 1. The van der Waals surface area contributed by atoms with Crippen molar-refractivity contribution in [3.8, 4) is 11.5 Å². The van der Waals surface area contributed by atoms with Crippen LogP contribution in [-0.4, -0.2) is 16.7 Å². The quantitative estimate of drug-likeness (QED) is 0.313. The van der Waals surface area contributed by atoms with Crippen LogP contribution in [0, 0.1) is 0 Å². The largest absolute Gasteiger partial charge is 0.507 e. The zero-order valence-electron chi connectivity index (χ0n) is 19.5. The third kappa shape index (κ3) is 4.95. The molecule has 0 aliphatic heterocycles. The van der Waals surface area contributed by atoms with Gasteiger partial charge in [0.25, 0.3) is 0 Å². The Bertz CT molecular complexity index is 1210. The highest BCUT2D eigenvalue weighted by Gasteiger charge is 2.36. The van der Waals surface area contributed by atoms with E-state index in [4.69, 9.17) is 8.92 Å². The Hall–Kier alpha value is -3.70. The molecule has 4 aromatic carbocycles. The van der Waals surface area contributed by atoms with Crippen LogP contribution in [0.5, 0.6) is 11.5 Å². The van der Waals surface area contributed by atoms with Gasteiger partial charge in [-0.2, -0.15) is 0 Å². The van der Waals surface area contributed by atoms with E-state index in [1.807, 2.05) is 106 Å². The molecular weight excluding hydrogens is 444 g/mol. The van der Waals surface area contributed by atoms with E-state index in [1.54, 1.807) is 18.2 Å². The van der Waals surface area contributed by atoms with Gasteiger partial charge < -0.3 is 14.0 Å². The molecule has 0 fully saturated rings. The van der Waals surface area contributed by atoms with Crippen LogP contribution in [-0.2, 0) is 4.18 Å². The van der Waals surface area contributed by atoms with E-state index in [2.05, 4.69) is 0 Å². The lowest BCUT2D eigenvalue weighted by Gasteiger charge is -2.40. The van der Waals surface area contributed by atoms with E-state index >= 15 is 0 Å². The Labute approximate surface area is 202 Å². The zero-order chi connectivity index (χ0) is 24.2. The first-order valence-electron chi connectivity index (χ1n) is 11.0. The first kappa shape index (κ1) is 23.5. The van der Waals surface area contributed by atoms with Crippen LogP contribution in [0.15, 0.2) is 124 Å². The van der Waals surface area contributed by atoms with Gasteiger partial charge in [-0.3, -0.25) is 0 Å². The minimum absolute atomic E-state index is 0.115. The fourth-order valence-electron chi connectivity index (χ4n) is 3.63. The van der Waals surface area contributed by atoms with Gasteiger partial charge in [0.15, 0.2) is 0 Å². The minimum atomic E-state index is -2.47. The van der Waals surface area contributed by atoms with Gasteiger partial charge in [-0.1, -0.05) is 48.5 Å². The first-order valence-corrected chi connectivity index (χ1v) is 12.6. The lowest BCUT2D eigenvalue weighted by molar-refractivity contribution is 0.0754. The third-order valence-electron chi connectivity index (χ3n) is 5.05. The van der Waals surface area contributed by atoms with Crippen molar-refractivity contribution in [2.24, 2.45) is 0 Å². The second kappa shape index (κ2) is 9.65. The summed E-state index contributed by atoms with van der Waals surface area (Å²) in [4.78, 5) is 16.1. The lowest BCUT2D eigenvalue weighted by Crippen LogP contribution is -2.22. The average Bonchev–Trinajstić information content (AvgIpc) is 2.83. The van der Waals surface area contributed by atoms with Crippen molar-refractivity contribution in [2.75, 3.05) is 0 Å².